The highest BCUT2D eigenvalue weighted by Gasteiger charge is 2.16. The van der Waals surface area contributed by atoms with E-state index in [2.05, 4.69) is 11.1 Å². The van der Waals surface area contributed by atoms with E-state index in [-0.39, 0.29) is 0 Å². The highest BCUT2D eigenvalue weighted by molar-refractivity contribution is 5.99. The van der Waals surface area contributed by atoms with Crippen LogP contribution in [-0.2, 0) is 0 Å². The zero-order valence-electron chi connectivity index (χ0n) is 20.8. The molecule has 0 fully saturated rings. The van der Waals surface area contributed by atoms with Crippen molar-refractivity contribution < 1.29 is 23.7 Å². The van der Waals surface area contributed by atoms with Crippen LogP contribution in [-0.4, -0.2) is 31.7 Å². The molecule has 0 spiro atoms. The molecule has 0 aliphatic carbocycles. The number of primary amides is 1. The number of rotatable bonds is 8. The lowest BCUT2D eigenvalue weighted by atomic mass is 9.98. The zero-order valence-corrected chi connectivity index (χ0v) is 20.8. The number of hydrogen-bond acceptors (Lipinski definition) is 6. The summed E-state index contributed by atoms with van der Waals surface area (Å²) in [5, 5.41) is 2.83. The summed E-state index contributed by atoms with van der Waals surface area (Å²) in [5.41, 5.74) is 8.42. The molecule has 7 heteroatoms. The van der Waals surface area contributed by atoms with Gasteiger partial charge in [0.05, 0.1) is 31.9 Å². The molecule has 0 atom stereocenters. The third-order valence-corrected chi connectivity index (χ3v) is 6.13. The maximum Gasteiger partial charge on any atom is 0.252 e. The summed E-state index contributed by atoms with van der Waals surface area (Å²) in [6, 6.07) is 22.9. The minimum absolute atomic E-state index is 0.363. The zero-order chi connectivity index (χ0) is 25.9. The smallest absolute Gasteiger partial charge is 0.252 e. The molecule has 0 bridgehead atoms. The molecule has 1 aromatic heterocycles. The van der Waals surface area contributed by atoms with Gasteiger partial charge in [-0.15, -0.1) is 0 Å². The fraction of sp³-hybridized carbons (Fsp3) is 0.133. The first-order valence-electron chi connectivity index (χ1n) is 11.8. The number of nitrogens with zero attached hydrogens (tertiary/aromatic N) is 1. The van der Waals surface area contributed by atoms with Crippen LogP contribution in [0.5, 0.6) is 28.7 Å². The molecule has 37 heavy (non-hydrogen) atoms. The second-order valence-electron chi connectivity index (χ2n) is 8.34. The van der Waals surface area contributed by atoms with Crippen molar-refractivity contribution in [2.45, 2.75) is 6.92 Å². The molecule has 0 unspecified atom stereocenters. The van der Waals surface area contributed by atoms with E-state index in [0.29, 0.717) is 40.9 Å². The Balaban J connectivity index is 1.51. The minimum Gasteiger partial charge on any atom is -0.493 e. The summed E-state index contributed by atoms with van der Waals surface area (Å²) in [6.07, 6.45) is 1.70. The number of pyridine rings is 1. The Labute approximate surface area is 214 Å². The van der Waals surface area contributed by atoms with Gasteiger partial charge in [0, 0.05) is 23.2 Å². The second-order valence-corrected chi connectivity index (χ2v) is 8.34. The Morgan fingerprint density at radius 1 is 0.865 bits per heavy atom. The Kier molecular flexibility index (Phi) is 6.51. The molecular weight excluding hydrogens is 468 g/mol. The summed E-state index contributed by atoms with van der Waals surface area (Å²) in [5.74, 6) is 2.53. The van der Waals surface area contributed by atoms with E-state index in [1.807, 2.05) is 67.6 Å². The number of fused-ring (bicyclic) bond motifs is 2. The largest absolute Gasteiger partial charge is 0.493 e. The first kappa shape index (κ1) is 23.9. The van der Waals surface area contributed by atoms with Gasteiger partial charge in [0.2, 0.25) is 0 Å². The molecule has 5 rings (SSSR count). The van der Waals surface area contributed by atoms with Crippen LogP contribution in [0.4, 0.5) is 0 Å². The van der Waals surface area contributed by atoms with Gasteiger partial charge in [0.15, 0.2) is 11.5 Å². The Morgan fingerprint density at radius 3 is 2.38 bits per heavy atom. The standard InChI is InChI=1S/C30H26N2O5/c1-4-36-29-22(6-5-7-23(29)30(31)33)20-9-8-19-15-21(11-10-18(19)14-20)37-26-12-13-32-25-17-28(35-3)27(34-2)16-24(25)26/h5-17H,4H2,1-3H3,(H2,31,33). The summed E-state index contributed by atoms with van der Waals surface area (Å²) in [6.45, 7) is 2.30. The highest BCUT2D eigenvalue weighted by atomic mass is 16.5. The molecule has 4 aromatic carbocycles. The van der Waals surface area contributed by atoms with Gasteiger partial charge in [-0.3, -0.25) is 9.78 Å². The number of methoxy groups -OCH3 is 2. The molecule has 1 heterocycles. The van der Waals surface area contributed by atoms with E-state index >= 15 is 0 Å². The van der Waals surface area contributed by atoms with Crippen molar-refractivity contribution in [3.8, 4) is 39.9 Å². The maximum absolute atomic E-state index is 11.9. The van der Waals surface area contributed by atoms with Crippen molar-refractivity contribution in [3.05, 3.63) is 84.6 Å². The predicted molar refractivity (Wildman–Crippen MR) is 144 cm³/mol. The first-order valence-corrected chi connectivity index (χ1v) is 11.8. The van der Waals surface area contributed by atoms with Gasteiger partial charge in [-0.1, -0.05) is 30.3 Å². The van der Waals surface area contributed by atoms with Crippen molar-refractivity contribution in [2.75, 3.05) is 20.8 Å². The number of nitrogens with two attached hydrogens (primary N) is 1. The molecule has 0 radical (unpaired) electrons. The Bertz CT molecular complexity index is 1630. The molecule has 1 amide bonds. The van der Waals surface area contributed by atoms with E-state index in [1.54, 1.807) is 26.5 Å². The molecule has 0 saturated heterocycles. The van der Waals surface area contributed by atoms with Gasteiger partial charge >= 0.3 is 0 Å². The predicted octanol–water partition coefficient (Wildman–Crippen LogP) is 6.36. The molecule has 2 N–H and O–H groups in total. The van der Waals surface area contributed by atoms with E-state index in [1.165, 1.54) is 0 Å². The number of para-hydroxylation sites is 1. The summed E-state index contributed by atoms with van der Waals surface area (Å²) < 4.78 is 22.9. The van der Waals surface area contributed by atoms with Crippen molar-refractivity contribution >= 4 is 27.6 Å². The van der Waals surface area contributed by atoms with Gasteiger partial charge in [-0.25, -0.2) is 0 Å². The average Bonchev–Trinajstić information content (AvgIpc) is 2.92. The monoisotopic (exact) mass is 494 g/mol. The van der Waals surface area contributed by atoms with Crippen molar-refractivity contribution in [3.63, 3.8) is 0 Å². The average molecular weight is 495 g/mol. The van der Waals surface area contributed by atoms with Gasteiger partial charge in [-0.05, 0) is 59.7 Å². The SMILES string of the molecule is CCOc1c(C(N)=O)cccc1-c1ccc2cc(Oc3ccnc4cc(OC)c(OC)cc34)ccc2c1. The van der Waals surface area contributed by atoms with Crippen molar-refractivity contribution in [1.29, 1.82) is 0 Å². The number of carbonyl (C=O) groups excluding carboxylic acids is 1. The summed E-state index contributed by atoms with van der Waals surface area (Å²) in [7, 11) is 3.19. The fourth-order valence-electron chi connectivity index (χ4n) is 4.38. The van der Waals surface area contributed by atoms with Gasteiger partial charge in [0.1, 0.15) is 17.2 Å². The minimum atomic E-state index is -0.521. The molecule has 0 saturated carbocycles. The lowest BCUT2D eigenvalue weighted by Crippen LogP contribution is -2.13. The van der Waals surface area contributed by atoms with Crippen LogP contribution in [0.3, 0.4) is 0 Å². The number of hydrogen-bond donors (Lipinski definition) is 1. The number of amides is 1. The Hall–Kier alpha value is -4.78. The fourth-order valence-corrected chi connectivity index (χ4v) is 4.38. The van der Waals surface area contributed by atoms with Gasteiger partial charge in [-0.2, -0.15) is 0 Å². The van der Waals surface area contributed by atoms with Crippen LogP contribution in [0.1, 0.15) is 17.3 Å². The van der Waals surface area contributed by atoms with Gasteiger partial charge in [0.25, 0.3) is 5.91 Å². The molecule has 5 aromatic rings. The molecule has 7 nitrogen and oxygen atoms in total. The molecular formula is C30H26N2O5. The number of carbonyl (C=O) groups is 1. The first-order chi connectivity index (χ1) is 18.0. The summed E-state index contributed by atoms with van der Waals surface area (Å²) >= 11 is 0. The molecule has 0 aliphatic heterocycles. The van der Waals surface area contributed by atoms with Crippen LogP contribution < -0.4 is 24.7 Å². The van der Waals surface area contributed by atoms with Crippen LogP contribution >= 0.6 is 0 Å². The van der Waals surface area contributed by atoms with Crippen LogP contribution in [0.25, 0.3) is 32.8 Å². The Morgan fingerprint density at radius 2 is 1.62 bits per heavy atom. The van der Waals surface area contributed by atoms with Crippen LogP contribution in [0.2, 0.25) is 0 Å². The van der Waals surface area contributed by atoms with Crippen LogP contribution in [0, 0.1) is 0 Å². The number of aromatic nitrogens is 1. The van der Waals surface area contributed by atoms with E-state index < -0.39 is 5.91 Å². The lowest BCUT2D eigenvalue weighted by Gasteiger charge is -2.15. The topological polar surface area (TPSA) is 92.9 Å². The normalized spacial score (nSPS) is 10.9. The quantitative estimate of drug-likeness (QED) is 0.270. The molecule has 0 aliphatic rings. The van der Waals surface area contributed by atoms with Crippen LogP contribution in [0.15, 0.2) is 79.0 Å². The van der Waals surface area contributed by atoms with E-state index in [9.17, 15) is 4.79 Å². The van der Waals surface area contributed by atoms with E-state index in [0.717, 1.165) is 32.8 Å². The summed E-state index contributed by atoms with van der Waals surface area (Å²) in [4.78, 5) is 16.4. The number of ether oxygens (including phenoxy) is 4. The lowest BCUT2D eigenvalue weighted by molar-refractivity contribution is 0.0996. The second kappa shape index (κ2) is 10.1. The number of benzene rings is 4. The molecule has 186 valence electrons. The third kappa shape index (κ3) is 4.59. The van der Waals surface area contributed by atoms with Gasteiger partial charge < -0.3 is 24.7 Å². The highest BCUT2D eigenvalue weighted by Crippen LogP contribution is 2.38. The van der Waals surface area contributed by atoms with Crippen molar-refractivity contribution in [2.24, 2.45) is 5.73 Å². The van der Waals surface area contributed by atoms with E-state index in [4.69, 9.17) is 24.7 Å². The maximum atomic E-state index is 11.9. The third-order valence-electron chi connectivity index (χ3n) is 6.13. The van der Waals surface area contributed by atoms with Crippen molar-refractivity contribution in [1.82, 2.24) is 4.98 Å².